The van der Waals surface area contributed by atoms with Crippen LogP contribution in [0.2, 0.25) is 0 Å². The van der Waals surface area contributed by atoms with E-state index < -0.39 is 30.6 Å². The predicted octanol–water partition coefficient (Wildman–Crippen LogP) is 0.879. The van der Waals surface area contributed by atoms with Gasteiger partial charge in [0.2, 0.25) is 5.91 Å². The van der Waals surface area contributed by atoms with E-state index in [1.807, 2.05) is 36.4 Å². The van der Waals surface area contributed by atoms with Gasteiger partial charge in [-0.15, -0.1) is 5.10 Å². The Morgan fingerprint density at radius 1 is 1.03 bits per heavy atom. The Balaban J connectivity index is 1.25. The number of hydrogen-bond acceptors (Lipinski definition) is 7. The Hall–Kier alpha value is -4.25. The molecule has 1 aliphatic carbocycles. The van der Waals surface area contributed by atoms with Gasteiger partial charge in [0.15, 0.2) is 6.10 Å². The number of carbonyl (C=O) groups is 3. The maximum Gasteiger partial charge on any atom is 0.407 e. The van der Waals surface area contributed by atoms with Crippen molar-refractivity contribution in [3.63, 3.8) is 0 Å². The van der Waals surface area contributed by atoms with Gasteiger partial charge in [0, 0.05) is 5.92 Å². The molecule has 176 valence electrons. The molecule has 1 atom stereocenters. The fraction of sp³-hybridized carbons (Fsp3) is 0.261. The molecule has 0 bridgehead atoms. The van der Waals surface area contributed by atoms with Gasteiger partial charge in [-0.25, -0.2) is 14.3 Å². The number of nitrogens with zero attached hydrogens (tertiary/aromatic N) is 3. The first kappa shape index (κ1) is 22.9. The van der Waals surface area contributed by atoms with Gasteiger partial charge in [-0.1, -0.05) is 53.7 Å². The van der Waals surface area contributed by atoms with E-state index in [0.717, 1.165) is 22.3 Å². The summed E-state index contributed by atoms with van der Waals surface area (Å²) in [7, 11) is 0. The fourth-order valence-corrected chi connectivity index (χ4v) is 3.81. The Morgan fingerprint density at radius 2 is 1.68 bits per heavy atom. The molecule has 0 saturated heterocycles. The molecule has 4 N–H and O–H groups in total. The molecule has 11 nitrogen and oxygen atoms in total. The third-order valence-electron chi connectivity index (χ3n) is 5.43. The fourth-order valence-electron chi connectivity index (χ4n) is 3.81. The molecular formula is C23H23N5O6. The van der Waals surface area contributed by atoms with Gasteiger partial charge >= 0.3 is 12.1 Å². The summed E-state index contributed by atoms with van der Waals surface area (Å²) in [6, 6.07) is 16.1. The normalized spacial score (nSPS) is 13.0. The van der Waals surface area contributed by atoms with Gasteiger partial charge in [0.05, 0.1) is 19.3 Å². The number of alkyl carbamates (subject to hydrolysis) is 1. The van der Waals surface area contributed by atoms with E-state index in [1.165, 1.54) is 10.9 Å². The molecule has 11 heteroatoms. The summed E-state index contributed by atoms with van der Waals surface area (Å²) in [5, 5.41) is 30.3. The molecule has 2 amide bonds. The van der Waals surface area contributed by atoms with Crippen molar-refractivity contribution in [1.29, 1.82) is 0 Å². The standard InChI is InChI=1S/C23H23N5O6/c29-20(22(31)32)10-24-21(30)12-28-11-14(26-27-28)9-25-23(33)34-13-19-17-7-3-1-5-15(17)16-6-2-4-8-18(16)19/h1-8,11,19-20,29H,9-10,12-13H2,(H,24,30)(H,25,33)(H,31,32)/t20-/m0/s1. The van der Waals surface area contributed by atoms with Crippen LogP contribution in [0.25, 0.3) is 11.1 Å². The minimum absolute atomic E-state index is 0.0443. The maximum absolute atomic E-state index is 12.3. The topological polar surface area (TPSA) is 156 Å². The van der Waals surface area contributed by atoms with Crippen LogP contribution in [0.15, 0.2) is 54.7 Å². The van der Waals surface area contributed by atoms with E-state index in [9.17, 15) is 19.5 Å². The molecule has 0 radical (unpaired) electrons. The van der Waals surface area contributed by atoms with Crippen LogP contribution in [0, 0.1) is 0 Å². The number of fused-ring (bicyclic) bond motifs is 3. The Morgan fingerprint density at radius 3 is 2.32 bits per heavy atom. The molecule has 0 spiro atoms. The highest BCUT2D eigenvalue weighted by atomic mass is 16.5. The van der Waals surface area contributed by atoms with Crippen molar-refractivity contribution in [3.8, 4) is 11.1 Å². The van der Waals surface area contributed by atoms with Crippen molar-refractivity contribution in [2.45, 2.75) is 25.1 Å². The van der Waals surface area contributed by atoms with Gasteiger partial charge in [-0.05, 0) is 22.3 Å². The highest BCUT2D eigenvalue weighted by molar-refractivity contribution is 5.79. The van der Waals surface area contributed by atoms with E-state index in [2.05, 4.69) is 33.1 Å². The van der Waals surface area contributed by atoms with E-state index in [1.54, 1.807) is 0 Å². The molecule has 34 heavy (non-hydrogen) atoms. The Bertz CT molecular complexity index is 1160. The minimum atomic E-state index is -1.68. The average molecular weight is 465 g/mol. The number of aliphatic hydroxyl groups is 1. The lowest BCUT2D eigenvalue weighted by molar-refractivity contribution is -0.146. The van der Waals surface area contributed by atoms with Gasteiger partial charge in [-0.2, -0.15) is 0 Å². The molecule has 0 fully saturated rings. The van der Waals surface area contributed by atoms with Crippen LogP contribution in [-0.4, -0.2) is 62.4 Å². The number of ether oxygens (including phenoxy) is 1. The average Bonchev–Trinajstić information content (AvgIpc) is 3.41. The third kappa shape index (κ3) is 5.21. The van der Waals surface area contributed by atoms with Crippen molar-refractivity contribution in [2.75, 3.05) is 13.2 Å². The van der Waals surface area contributed by atoms with Crippen LogP contribution in [0.1, 0.15) is 22.7 Å². The van der Waals surface area contributed by atoms with Crippen LogP contribution in [0.3, 0.4) is 0 Å². The maximum atomic E-state index is 12.3. The zero-order valence-corrected chi connectivity index (χ0v) is 18.0. The molecular weight excluding hydrogens is 442 g/mol. The highest BCUT2D eigenvalue weighted by Gasteiger charge is 2.29. The van der Waals surface area contributed by atoms with Crippen LogP contribution in [0.5, 0.6) is 0 Å². The van der Waals surface area contributed by atoms with Gasteiger partial charge in [-0.3, -0.25) is 4.79 Å². The summed E-state index contributed by atoms with van der Waals surface area (Å²) >= 11 is 0. The largest absolute Gasteiger partial charge is 0.479 e. The van der Waals surface area contributed by atoms with E-state index in [-0.39, 0.29) is 25.6 Å². The van der Waals surface area contributed by atoms with Crippen LogP contribution in [-0.2, 0) is 27.4 Å². The highest BCUT2D eigenvalue weighted by Crippen LogP contribution is 2.44. The van der Waals surface area contributed by atoms with Crippen molar-refractivity contribution in [2.24, 2.45) is 0 Å². The van der Waals surface area contributed by atoms with E-state index in [0.29, 0.717) is 5.69 Å². The summed E-state index contributed by atoms with van der Waals surface area (Å²) < 4.78 is 6.70. The number of nitrogens with one attached hydrogen (secondary N) is 2. The lowest BCUT2D eigenvalue weighted by Crippen LogP contribution is -2.38. The molecule has 0 aliphatic heterocycles. The first-order valence-corrected chi connectivity index (χ1v) is 10.6. The molecule has 1 aromatic heterocycles. The lowest BCUT2D eigenvalue weighted by Gasteiger charge is -2.14. The molecule has 4 rings (SSSR count). The summed E-state index contributed by atoms with van der Waals surface area (Å²) in [5.41, 5.74) is 4.93. The number of carbonyl (C=O) groups excluding carboxylic acids is 2. The number of carboxylic acid groups (broad SMARTS) is 1. The summed E-state index contributed by atoms with van der Waals surface area (Å²) in [6.45, 7) is -0.395. The summed E-state index contributed by atoms with van der Waals surface area (Å²) in [5.74, 6) is -2.01. The van der Waals surface area contributed by atoms with Crippen molar-refractivity contribution >= 4 is 18.0 Å². The second kappa shape index (κ2) is 10.1. The molecule has 2 aromatic carbocycles. The third-order valence-corrected chi connectivity index (χ3v) is 5.43. The van der Waals surface area contributed by atoms with Gasteiger partial charge < -0.3 is 25.6 Å². The Kier molecular flexibility index (Phi) is 6.83. The van der Waals surface area contributed by atoms with Crippen LogP contribution >= 0.6 is 0 Å². The number of amides is 2. The summed E-state index contributed by atoms with van der Waals surface area (Å²) in [6.07, 6.45) is -0.815. The number of hydrogen-bond donors (Lipinski definition) is 4. The number of aliphatic hydroxyl groups excluding tert-OH is 1. The number of rotatable bonds is 9. The second-order valence-corrected chi connectivity index (χ2v) is 7.74. The number of benzene rings is 2. The van der Waals surface area contributed by atoms with Crippen molar-refractivity contribution in [3.05, 3.63) is 71.5 Å². The molecule has 0 saturated carbocycles. The van der Waals surface area contributed by atoms with Gasteiger partial charge in [0.25, 0.3) is 0 Å². The first-order valence-electron chi connectivity index (χ1n) is 10.6. The summed E-state index contributed by atoms with van der Waals surface area (Å²) in [4.78, 5) is 34.6. The number of carboxylic acids is 1. The molecule has 0 unspecified atom stereocenters. The van der Waals surface area contributed by atoms with Crippen LogP contribution in [0.4, 0.5) is 4.79 Å². The minimum Gasteiger partial charge on any atom is -0.479 e. The van der Waals surface area contributed by atoms with E-state index >= 15 is 0 Å². The molecule has 3 aromatic rings. The zero-order chi connectivity index (χ0) is 24.1. The SMILES string of the molecule is O=C(Cn1cc(CNC(=O)OCC2c3ccccc3-c3ccccc32)nn1)NC[C@H](O)C(=O)O. The quantitative estimate of drug-likeness (QED) is 0.363. The lowest BCUT2D eigenvalue weighted by atomic mass is 9.98. The molecule has 1 aliphatic rings. The number of aromatic nitrogens is 3. The monoisotopic (exact) mass is 465 g/mol. The smallest absolute Gasteiger partial charge is 0.407 e. The second-order valence-electron chi connectivity index (χ2n) is 7.74. The van der Waals surface area contributed by atoms with Gasteiger partial charge in [0.1, 0.15) is 18.8 Å². The first-order chi connectivity index (χ1) is 16.4. The van der Waals surface area contributed by atoms with Crippen LogP contribution < -0.4 is 10.6 Å². The zero-order valence-electron chi connectivity index (χ0n) is 18.0. The van der Waals surface area contributed by atoms with E-state index in [4.69, 9.17) is 9.84 Å². The Labute approximate surface area is 194 Å². The van der Waals surface area contributed by atoms with Crippen molar-refractivity contribution < 1.29 is 29.3 Å². The van der Waals surface area contributed by atoms with Crippen molar-refractivity contribution in [1.82, 2.24) is 25.6 Å². The predicted molar refractivity (Wildman–Crippen MR) is 119 cm³/mol. The number of aliphatic carboxylic acids is 1. The molecule has 1 heterocycles.